The zero-order chi connectivity index (χ0) is 13.0. The van der Waals surface area contributed by atoms with E-state index >= 15 is 0 Å². The molecule has 1 aliphatic rings. The van der Waals surface area contributed by atoms with Crippen molar-refractivity contribution < 1.29 is 0 Å². The summed E-state index contributed by atoms with van der Waals surface area (Å²) in [6.45, 7) is 9.05. The molecule has 100 valence electrons. The Morgan fingerprint density at radius 1 is 1.28 bits per heavy atom. The number of hydrogen-bond acceptors (Lipinski definition) is 2. The fourth-order valence-corrected chi connectivity index (χ4v) is 2.83. The van der Waals surface area contributed by atoms with Crippen molar-refractivity contribution in [2.45, 2.75) is 52.1 Å². The first kappa shape index (κ1) is 13.4. The topological polar surface area (TPSA) is 15.3 Å². The van der Waals surface area contributed by atoms with E-state index in [1.807, 2.05) is 0 Å². The lowest BCUT2D eigenvalue weighted by atomic mass is 9.97. The van der Waals surface area contributed by atoms with Crippen molar-refractivity contribution in [3.8, 4) is 0 Å². The Balaban J connectivity index is 1.94. The highest BCUT2D eigenvalue weighted by atomic mass is 15.2. The zero-order valence-electron chi connectivity index (χ0n) is 11.9. The van der Waals surface area contributed by atoms with Gasteiger partial charge in [-0.3, -0.25) is 0 Å². The molecule has 1 aliphatic heterocycles. The van der Waals surface area contributed by atoms with Crippen molar-refractivity contribution in [2.75, 3.05) is 18.0 Å². The predicted octanol–water partition coefficient (Wildman–Crippen LogP) is 3.35. The van der Waals surface area contributed by atoms with Crippen LogP contribution < -0.4 is 10.2 Å². The van der Waals surface area contributed by atoms with Crippen molar-refractivity contribution in [2.24, 2.45) is 0 Å². The number of hydrogen-bond donors (Lipinski definition) is 1. The molecule has 1 saturated heterocycles. The van der Waals surface area contributed by atoms with Gasteiger partial charge >= 0.3 is 0 Å². The molecule has 2 rings (SSSR count). The van der Waals surface area contributed by atoms with E-state index in [9.17, 15) is 0 Å². The fourth-order valence-electron chi connectivity index (χ4n) is 2.83. The highest BCUT2D eigenvalue weighted by Gasteiger charge is 2.24. The molecule has 1 N–H and O–H groups in total. The van der Waals surface area contributed by atoms with E-state index in [2.05, 4.69) is 55.3 Å². The van der Waals surface area contributed by atoms with Gasteiger partial charge < -0.3 is 10.2 Å². The minimum Gasteiger partial charge on any atom is -0.369 e. The SMILES string of the molecule is CCCNC1CCN(c2ccc(C)cc2)C(C)C1. The number of piperidine rings is 1. The number of anilines is 1. The van der Waals surface area contributed by atoms with Gasteiger partial charge in [-0.25, -0.2) is 0 Å². The number of aryl methyl sites for hydroxylation is 1. The molecule has 2 atom stereocenters. The Bertz CT molecular complexity index is 358. The first-order valence-corrected chi connectivity index (χ1v) is 7.27. The van der Waals surface area contributed by atoms with E-state index in [-0.39, 0.29) is 0 Å². The van der Waals surface area contributed by atoms with Gasteiger partial charge in [0.15, 0.2) is 0 Å². The Hall–Kier alpha value is -1.02. The van der Waals surface area contributed by atoms with Gasteiger partial charge in [-0.2, -0.15) is 0 Å². The van der Waals surface area contributed by atoms with Crippen LogP contribution in [-0.2, 0) is 0 Å². The fraction of sp³-hybridized carbons (Fsp3) is 0.625. The summed E-state index contributed by atoms with van der Waals surface area (Å²) in [5.41, 5.74) is 2.72. The quantitative estimate of drug-likeness (QED) is 0.876. The highest BCUT2D eigenvalue weighted by molar-refractivity contribution is 5.48. The third-order valence-corrected chi connectivity index (χ3v) is 3.92. The molecule has 0 aliphatic carbocycles. The van der Waals surface area contributed by atoms with Crippen LogP contribution in [-0.4, -0.2) is 25.2 Å². The molecule has 1 heterocycles. The Morgan fingerprint density at radius 3 is 2.61 bits per heavy atom. The molecule has 1 aromatic carbocycles. The maximum atomic E-state index is 3.66. The molecule has 0 radical (unpaired) electrons. The van der Waals surface area contributed by atoms with E-state index in [1.165, 1.54) is 37.1 Å². The van der Waals surface area contributed by atoms with E-state index in [0.717, 1.165) is 6.54 Å². The lowest BCUT2D eigenvalue weighted by molar-refractivity contribution is 0.369. The van der Waals surface area contributed by atoms with Crippen LogP contribution >= 0.6 is 0 Å². The summed E-state index contributed by atoms with van der Waals surface area (Å²) in [4.78, 5) is 2.55. The predicted molar refractivity (Wildman–Crippen MR) is 79.3 cm³/mol. The number of nitrogens with zero attached hydrogens (tertiary/aromatic N) is 1. The molecule has 0 amide bonds. The molecule has 2 heteroatoms. The van der Waals surface area contributed by atoms with Crippen molar-refractivity contribution >= 4 is 5.69 Å². The molecule has 0 bridgehead atoms. The van der Waals surface area contributed by atoms with Gasteiger partial charge in [0.25, 0.3) is 0 Å². The molecule has 1 fully saturated rings. The van der Waals surface area contributed by atoms with Crippen LogP contribution in [0.5, 0.6) is 0 Å². The van der Waals surface area contributed by atoms with Gasteiger partial charge in [0.1, 0.15) is 0 Å². The minimum atomic E-state index is 0.635. The zero-order valence-corrected chi connectivity index (χ0v) is 11.9. The van der Waals surface area contributed by atoms with Crippen molar-refractivity contribution in [3.63, 3.8) is 0 Å². The molecule has 18 heavy (non-hydrogen) atoms. The second-order valence-corrected chi connectivity index (χ2v) is 5.55. The monoisotopic (exact) mass is 246 g/mol. The van der Waals surface area contributed by atoms with Crippen molar-refractivity contribution in [3.05, 3.63) is 29.8 Å². The van der Waals surface area contributed by atoms with Gasteiger partial charge in [-0.05, 0) is 51.8 Å². The molecule has 2 nitrogen and oxygen atoms in total. The lowest BCUT2D eigenvalue weighted by Gasteiger charge is -2.39. The van der Waals surface area contributed by atoms with Crippen molar-refractivity contribution in [1.82, 2.24) is 5.32 Å². The second kappa shape index (κ2) is 6.24. The third kappa shape index (κ3) is 3.26. The van der Waals surface area contributed by atoms with Gasteiger partial charge in [-0.1, -0.05) is 24.6 Å². The molecule has 1 aromatic rings. The molecule has 0 saturated carbocycles. The molecular weight excluding hydrogens is 220 g/mol. The van der Waals surface area contributed by atoms with E-state index in [0.29, 0.717) is 12.1 Å². The minimum absolute atomic E-state index is 0.635. The number of rotatable bonds is 4. The summed E-state index contributed by atoms with van der Waals surface area (Å²) < 4.78 is 0. The molecule has 0 aromatic heterocycles. The lowest BCUT2D eigenvalue weighted by Crippen LogP contribution is -2.47. The standard InChI is InChI=1S/C16H26N2/c1-4-10-17-15-9-11-18(14(3)12-15)16-7-5-13(2)6-8-16/h5-8,14-15,17H,4,9-12H2,1-3H3. The van der Waals surface area contributed by atoms with Crippen LogP contribution in [0.2, 0.25) is 0 Å². The van der Waals surface area contributed by atoms with E-state index < -0.39 is 0 Å². The van der Waals surface area contributed by atoms with Gasteiger partial charge in [0.2, 0.25) is 0 Å². The number of nitrogens with one attached hydrogen (secondary N) is 1. The average Bonchev–Trinajstić information content (AvgIpc) is 2.38. The van der Waals surface area contributed by atoms with E-state index in [4.69, 9.17) is 0 Å². The van der Waals surface area contributed by atoms with Crippen LogP contribution in [0.3, 0.4) is 0 Å². The summed E-state index contributed by atoms with van der Waals surface area (Å²) in [6.07, 6.45) is 3.75. The molecular formula is C16H26N2. The average molecular weight is 246 g/mol. The summed E-state index contributed by atoms with van der Waals surface area (Å²) in [5.74, 6) is 0. The van der Waals surface area contributed by atoms with Crippen molar-refractivity contribution in [1.29, 1.82) is 0 Å². The Kier molecular flexibility index (Phi) is 4.65. The first-order valence-electron chi connectivity index (χ1n) is 7.27. The second-order valence-electron chi connectivity index (χ2n) is 5.55. The Labute approximate surface area is 111 Å². The van der Waals surface area contributed by atoms with E-state index in [1.54, 1.807) is 0 Å². The number of benzene rings is 1. The van der Waals surface area contributed by atoms with Crippen LogP contribution in [0.15, 0.2) is 24.3 Å². The Morgan fingerprint density at radius 2 is 2.00 bits per heavy atom. The highest BCUT2D eigenvalue weighted by Crippen LogP contribution is 2.25. The third-order valence-electron chi connectivity index (χ3n) is 3.92. The summed E-state index contributed by atoms with van der Waals surface area (Å²) in [7, 11) is 0. The summed E-state index contributed by atoms with van der Waals surface area (Å²) in [5, 5.41) is 3.66. The first-order chi connectivity index (χ1) is 8.70. The normalized spacial score (nSPS) is 24.3. The summed E-state index contributed by atoms with van der Waals surface area (Å²) in [6, 6.07) is 10.3. The maximum Gasteiger partial charge on any atom is 0.0368 e. The van der Waals surface area contributed by atoms with Gasteiger partial charge in [0.05, 0.1) is 0 Å². The molecule has 0 spiro atoms. The maximum absolute atomic E-state index is 3.66. The summed E-state index contributed by atoms with van der Waals surface area (Å²) >= 11 is 0. The van der Waals surface area contributed by atoms with Crippen LogP contribution in [0.4, 0.5) is 5.69 Å². The molecule has 2 unspecified atom stereocenters. The van der Waals surface area contributed by atoms with Gasteiger partial charge in [0, 0.05) is 24.3 Å². The van der Waals surface area contributed by atoms with Crippen LogP contribution in [0.1, 0.15) is 38.7 Å². The van der Waals surface area contributed by atoms with Gasteiger partial charge in [-0.15, -0.1) is 0 Å². The van der Waals surface area contributed by atoms with Crippen LogP contribution in [0.25, 0.3) is 0 Å². The smallest absolute Gasteiger partial charge is 0.0368 e. The largest absolute Gasteiger partial charge is 0.369 e. The van der Waals surface area contributed by atoms with Crippen LogP contribution in [0, 0.1) is 6.92 Å².